The zero-order valence-corrected chi connectivity index (χ0v) is 16.7. The minimum Gasteiger partial charge on any atom is -0.448 e. The number of esters is 1. The van der Waals surface area contributed by atoms with Gasteiger partial charge in [0.15, 0.2) is 11.8 Å². The molecule has 1 N–H and O–H groups in total. The number of aromatic amines is 1. The van der Waals surface area contributed by atoms with Crippen LogP contribution in [-0.2, 0) is 22.4 Å². The van der Waals surface area contributed by atoms with Crippen molar-refractivity contribution >= 4 is 11.9 Å². The van der Waals surface area contributed by atoms with Crippen LogP contribution >= 0.6 is 0 Å². The van der Waals surface area contributed by atoms with Gasteiger partial charge >= 0.3 is 5.97 Å². The van der Waals surface area contributed by atoms with E-state index in [1.165, 1.54) is 5.56 Å². The summed E-state index contributed by atoms with van der Waals surface area (Å²) < 4.78 is 5.35. The minimum absolute atomic E-state index is 0.129. The first-order valence-corrected chi connectivity index (χ1v) is 10.1. The van der Waals surface area contributed by atoms with Crippen LogP contribution in [-0.4, -0.2) is 46.2 Å². The van der Waals surface area contributed by atoms with Gasteiger partial charge in [0, 0.05) is 18.8 Å². The number of H-pyrrole nitrogens is 1. The van der Waals surface area contributed by atoms with Crippen molar-refractivity contribution < 1.29 is 14.3 Å². The molecule has 1 atom stereocenters. The van der Waals surface area contributed by atoms with Gasteiger partial charge in [0.25, 0.3) is 5.91 Å². The van der Waals surface area contributed by atoms with Crippen LogP contribution < -0.4 is 0 Å². The van der Waals surface area contributed by atoms with E-state index in [0.29, 0.717) is 19.0 Å². The zero-order chi connectivity index (χ0) is 19.9. The van der Waals surface area contributed by atoms with Crippen molar-refractivity contribution in [2.45, 2.75) is 52.1 Å². The van der Waals surface area contributed by atoms with Gasteiger partial charge in [-0.15, -0.1) is 0 Å². The predicted molar refractivity (Wildman–Crippen MR) is 107 cm³/mol. The molecule has 1 aliphatic heterocycles. The molecule has 1 aliphatic rings. The first kappa shape index (κ1) is 20.1. The molecular formula is C22H29N3O3. The molecule has 2 aromatic rings. The van der Waals surface area contributed by atoms with Crippen molar-refractivity contribution in [3.05, 3.63) is 53.3 Å². The first-order chi connectivity index (χ1) is 13.6. The van der Waals surface area contributed by atoms with Crippen LogP contribution in [0, 0.1) is 5.92 Å². The lowest BCUT2D eigenvalue weighted by molar-refractivity contribution is -0.141. The van der Waals surface area contributed by atoms with Crippen LogP contribution in [0.1, 0.15) is 54.9 Å². The summed E-state index contributed by atoms with van der Waals surface area (Å²) in [7, 11) is 0. The Morgan fingerprint density at radius 1 is 1.25 bits per heavy atom. The highest BCUT2D eigenvalue weighted by Gasteiger charge is 2.28. The predicted octanol–water partition coefficient (Wildman–Crippen LogP) is 3.39. The van der Waals surface area contributed by atoms with E-state index in [-0.39, 0.29) is 11.6 Å². The summed E-state index contributed by atoms with van der Waals surface area (Å²) in [6.07, 6.45) is 3.98. The zero-order valence-electron chi connectivity index (χ0n) is 16.7. The van der Waals surface area contributed by atoms with Gasteiger partial charge in [0.2, 0.25) is 0 Å². The summed E-state index contributed by atoms with van der Waals surface area (Å²) in [5, 5.41) is 6.82. The molecule has 1 saturated heterocycles. The summed E-state index contributed by atoms with van der Waals surface area (Å²) in [6.45, 7) is 5.11. The van der Waals surface area contributed by atoms with Crippen LogP contribution in [0.5, 0.6) is 0 Å². The number of nitrogens with zero attached hydrogens (tertiary/aromatic N) is 2. The second-order valence-electron chi connectivity index (χ2n) is 7.53. The molecule has 6 nitrogen and oxygen atoms in total. The Morgan fingerprint density at radius 3 is 2.64 bits per heavy atom. The van der Waals surface area contributed by atoms with Gasteiger partial charge in [-0.05, 0) is 50.2 Å². The highest BCUT2D eigenvalue weighted by atomic mass is 16.5. The summed E-state index contributed by atoms with van der Waals surface area (Å²) in [4.78, 5) is 26.7. The average molecular weight is 383 g/mol. The van der Waals surface area contributed by atoms with Crippen molar-refractivity contribution in [1.82, 2.24) is 15.1 Å². The first-order valence-electron chi connectivity index (χ1n) is 10.1. The molecular weight excluding hydrogens is 354 g/mol. The highest BCUT2D eigenvalue weighted by Crippen LogP contribution is 2.22. The number of hydrogen-bond acceptors (Lipinski definition) is 4. The van der Waals surface area contributed by atoms with Crippen LogP contribution in [0.25, 0.3) is 0 Å². The third-order valence-corrected chi connectivity index (χ3v) is 5.28. The van der Waals surface area contributed by atoms with E-state index in [9.17, 15) is 9.59 Å². The molecule has 28 heavy (non-hydrogen) atoms. The number of benzene rings is 1. The normalized spacial score (nSPS) is 16.0. The Kier molecular flexibility index (Phi) is 6.85. The molecule has 0 spiro atoms. The van der Waals surface area contributed by atoms with Gasteiger partial charge < -0.3 is 9.64 Å². The maximum absolute atomic E-state index is 12.7. The number of aromatic nitrogens is 2. The average Bonchev–Trinajstić information content (AvgIpc) is 3.18. The lowest BCUT2D eigenvalue weighted by Crippen LogP contribution is -2.44. The Balaban J connectivity index is 1.46. The van der Waals surface area contributed by atoms with Crippen molar-refractivity contribution in [2.24, 2.45) is 5.92 Å². The van der Waals surface area contributed by atoms with Crippen LogP contribution in [0.2, 0.25) is 0 Å². The van der Waals surface area contributed by atoms with E-state index in [4.69, 9.17) is 4.74 Å². The molecule has 0 aliphatic carbocycles. The van der Waals surface area contributed by atoms with E-state index in [1.54, 1.807) is 13.0 Å². The van der Waals surface area contributed by atoms with Crippen LogP contribution in [0.15, 0.2) is 36.4 Å². The number of carbonyl (C=O) groups excluding carboxylic acids is 2. The smallest absolute Gasteiger partial charge is 0.359 e. The summed E-state index contributed by atoms with van der Waals surface area (Å²) in [6, 6.07) is 12.2. The second-order valence-corrected chi connectivity index (χ2v) is 7.53. The van der Waals surface area contributed by atoms with Crippen molar-refractivity contribution in [3.8, 4) is 0 Å². The van der Waals surface area contributed by atoms with E-state index in [1.807, 2.05) is 11.0 Å². The van der Waals surface area contributed by atoms with Gasteiger partial charge in [-0.2, -0.15) is 5.10 Å². The fraction of sp³-hybridized carbons (Fsp3) is 0.500. The summed E-state index contributed by atoms with van der Waals surface area (Å²) in [5.41, 5.74) is 2.47. The van der Waals surface area contributed by atoms with Crippen LogP contribution in [0.3, 0.4) is 0 Å². The van der Waals surface area contributed by atoms with Crippen LogP contribution in [0.4, 0.5) is 0 Å². The van der Waals surface area contributed by atoms with E-state index in [2.05, 4.69) is 41.4 Å². The number of rotatable bonds is 7. The molecule has 1 aromatic heterocycles. The van der Waals surface area contributed by atoms with E-state index >= 15 is 0 Å². The number of ether oxygens (including phenoxy) is 1. The molecule has 0 saturated carbocycles. The molecule has 1 amide bonds. The topological polar surface area (TPSA) is 75.3 Å². The Labute approximate surface area is 166 Å². The molecule has 1 unspecified atom stereocenters. The number of nitrogens with one attached hydrogen (secondary N) is 1. The third-order valence-electron chi connectivity index (χ3n) is 5.28. The second kappa shape index (κ2) is 9.53. The Morgan fingerprint density at radius 2 is 1.96 bits per heavy atom. The van der Waals surface area contributed by atoms with Gasteiger partial charge in [0.05, 0.1) is 0 Å². The number of carbonyl (C=O) groups is 2. The fourth-order valence-electron chi connectivity index (χ4n) is 3.70. The number of aryl methyl sites for hydroxylation is 1. The van der Waals surface area contributed by atoms with Gasteiger partial charge in [-0.25, -0.2) is 4.79 Å². The van der Waals surface area contributed by atoms with E-state index in [0.717, 1.165) is 37.8 Å². The molecule has 3 rings (SSSR count). The SMILES string of the molecule is CCCc1cc(C(=O)OC(C)C(=O)N2CCC(Cc3ccccc3)CC2)n[nH]1. The van der Waals surface area contributed by atoms with Crippen molar-refractivity contribution in [2.75, 3.05) is 13.1 Å². The Bertz CT molecular complexity index is 779. The van der Waals surface area contributed by atoms with Gasteiger partial charge in [-0.3, -0.25) is 9.89 Å². The summed E-state index contributed by atoms with van der Waals surface area (Å²) in [5.74, 6) is -0.0976. The monoisotopic (exact) mass is 383 g/mol. The van der Waals surface area contributed by atoms with Gasteiger partial charge in [-0.1, -0.05) is 43.7 Å². The number of amides is 1. The number of piperidine rings is 1. The Hall–Kier alpha value is -2.63. The molecule has 1 aromatic carbocycles. The lowest BCUT2D eigenvalue weighted by atomic mass is 9.90. The molecule has 2 heterocycles. The lowest BCUT2D eigenvalue weighted by Gasteiger charge is -2.33. The maximum atomic E-state index is 12.7. The molecule has 1 fully saturated rings. The molecule has 0 bridgehead atoms. The standard InChI is InChI=1S/C22H29N3O3/c1-3-7-19-15-20(24-23-19)22(27)28-16(2)21(26)25-12-10-18(11-13-25)14-17-8-5-4-6-9-17/h4-6,8-9,15-16,18H,3,7,10-14H2,1-2H3,(H,23,24). The number of hydrogen-bond donors (Lipinski definition) is 1. The van der Waals surface area contributed by atoms with Crippen molar-refractivity contribution in [3.63, 3.8) is 0 Å². The van der Waals surface area contributed by atoms with Gasteiger partial charge in [0.1, 0.15) is 0 Å². The molecule has 0 radical (unpaired) electrons. The largest absolute Gasteiger partial charge is 0.448 e. The molecule has 150 valence electrons. The number of likely N-dealkylation sites (tertiary alicyclic amines) is 1. The highest BCUT2D eigenvalue weighted by molar-refractivity contribution is 5.90. The maximum Gasteiger partial charge on any atom is 0.359 e. The quantitative estimate of drug-likeness (QED) is 0.744. The summed E-state index contributed by atoms with van der Waals surface area (Å²) >= 11 is 0. The minimum atomic E-state index is -0.801. The molecule has 6 heteroatoms. The van der Waals surface area contributed by atoms with E-state index < -0.39 is 12.1 Å². The third kappa shape index (κ3) is 5.21. The fourth-order valence-corrected chi connectivity index (χ4v) is 3.70. The van der Waals surface area contributed by atoms with Crippen molar-refractivity contribution in [1.29, 1.82) is 0 Å².